The van der Waals surface area contributed by atoms with E-state index in [1.165, 1.54) is 12.1 Å². The molecule has 29 heavy (non-hydrogen) atoms. The van der Waals surface area contributed by atoms with Crippen LogP contribution in [0, 0.1) is 10.1 Å². The Morgan fingerprint density at radius 1 is 0.966 bits per heavy atom. The Hall–Kier alpha value is -3.30. The lowest BCUT2D eigenvalue weighted by molar-refractivity contribution is -0.384. The zero-order chi connectivity index (χ0) is 20.2. The van der Waals surface area contributed by atoms with Crippen LogP contribution in [0.25, 0.3) is 0 Å². The van der Waals surface area contributed by atoms with Gasteiger partial charge in [0, 0.05) is 38.3 Å². The maximum atomic E-state index is 10.8. The molecule has 1 aromatic carbocycles. The van der Waals surface area contributed by atoms with E-state index < -0.39 is 4.92 Å². The summed E-state index contributed by atoms with van der Waals surface area (Å²) in [6.07, 6.45) is 4.57. The summed E-state index contributed by atoms with van der Waals surface area (Å²) in [5.41, 5.74) is 4.47. The second-order valence-electron chi connectivity index (χ2n) is 7.26. The fraction of sp³-hybridized carbons (Fsp3) is 0.474. The van der Waals surface area contributed by atoms with Gasteiger partial charge in [0.25, 0.3) is 5.69 Å². The summed E-state index contributed by atoms with van der Waals surface area (Å²) < 4.78 is 0. The van der Waals surface area contributed by atoms with Crippen LogP contribution in [-0.4, -0.2) is 51.8 Å². The Kier molecular flexibility index (Phi) is 5.50. The number of nitrogens with zero attached hydrogens (tertiary/aromatic N) is 7. The Labute approximate surface area is 168 Å². The smallest absolute Gasteiger partial charge is 0.269 e. The lowest BCUT2D eigenvalue weighted by atomic mass is 10.1. The number of hydrazone groups is 1. The molecule has 10 nitrogen and oxygen atoms in total. The first kappa shape index (κ1) is 19.0. The molecular formula is C19H24N8O2. The predicted molar refractivity (Wildman–Crippen MR) is 112 cm³/mol. The maximum absolute atomic E-state index is 10.8. The van der Waals surface area contributed by atoms with E-state index in [4.69, 9.17) is 0 Å². The molecule has 4 rings (SSSR count). The van der Waals surface area contributed by atoms with Crippen LogP contribution >= 0.6 is 0 Å². The number of anilines is 3. The molecule has 1 N–H and O–H groups in total. The SMILES string of the molecule is C/C(=N/Nc1nc(N2CCCC2)nc(N2CCCC2)n1)c1ccc([N+](=O)[O-])cc1. The number of aromatic nitrogens is 3. The molecular weight excluding hydrogens is 372 g/mol. The highest BCUT2D eigenvalue weighted by Crippen LogP contribution is 2.23. The highest BCUT2D eigenvalue weighted by molar-refractivity contribution is 5.99. The molecule has 2 fully saturated rings. The lowest BCUT2D eigenvalue weighted by Gasteiger charge is -2.20. The first-order chi connectivity index (χ1) is 14.1. The van der Waals surface area contributed by atoms with Crippen molar-refractivity contribution in [3.63, 3.8) is 0 Å². The normalized spacial score (nSPS) is 17.1. The first-order valence-electron chi connectivity index (χ1n) is 9.91. The molecule has 0 atom stereocenters. The van der Waals surface area contributed by atoms with E-state index in [0.29, 0.717) is 23.6 Å². The Bertz CT molecular complexity index is 869. The van der Waals surface area contributed by atoms with Crippen molar-refractivity contribution in [2.45, 2.75) is 32.6 Å². The Balaban J connectivity index is 1.56. The summed E-state index contributed by atoms with van der Waals surface area (Å²) in [7, 11) is 0. The lowest BCUT2D eigenvalue weighted by Crippen LogP contribution is -2.25. The van der Waals surface area contributed by atoms with Crippen LogP contribution in [-0.2, 0) is 0 Å². The van der Waals surface area contributed by atoms with Gasteiger partial charge < -0.3 is 9.80 Å². The average Bonchev–Trinajstić information content (AvgIpc) is 3.46. The third-order valence-electron chi connectivity index (χ3n) is 5.21. The third kappa shape index (κ3) is 4.41. The van der Waals surface area contributed by atoms with Crippen molar-refractivity contribution in [1.82, 2.24) is 15.0 Å². The quantitative estimate of drug-likeness (QED) is 0.450. The van der Waals surface area contributed by atoms with E-state index in [9.17, 15) is 10.1 Å². The van der Waals surface area contributed by atoms with Crippen molar-refractivity contribution in [2.24, 2.45) is 5.10 Å². The molecule has 0 aliphatic carbocycles. The molecule has 0 bridgehead atoms. The summed E-state index contributed by atoms with van der Waals surface area (Å²) >= 11 is 0. The van der Waals surface area contributed by atoms with Gasteiger partial charge in [-0.1, -0.05) is 0 Å². The summed E-state index contributed by atoms with van der Waals surface area (Å²) in [4.78, 5) is 28.6. The van der Waals surface area contributed by atoms with E-state index in [-0.39, 0.29) is 5.69 Å². The van der Waals surface area contributed by atoms with Crippen LogP contribution in [0.15, 0.2) is 29.4 Å². The molecule has 0 amide bonds. The number of nitro groups is 1. The van der Waals surface area contributed by atoms with Crippen LogP contribution in [0.1, 0.15) is 38.2 Å². The number of nitrogens with one attached hydrogen (secondary N) is 1. The standard InChI is InChI=1S/C19H24N8O2/c1-14(15-6-8-16(9-7-15)27(28)29)23-24-17-20-18(25-10-2-3-11-25)22-19(21-17)26-12-4-5-13-26/h6-9H,2-5,10-13H2,1H3,(H,20,21,22,24)/b23-14-. The summed E-state index contributed by atoms with van der Waals surface area (Å²) in [5.74, 6) is 1.78. The van der Waals surface area contributed by atoms with Crippen LogP contribution in [0.3, 0.4) is 0 Å². The number of rotatable bonds is 6. The van der Waals surface area contributed by atoms with Crippen LogP contribution < -0.4 is 15.2 Å². The fourth-order valence-corrected chi connectivity index (χ4v) is 3.54. The predicted octanol–water partition coefficient (Wildman–Crippen LogP) is 2.82. The molecule has 2 aliphatic rings. The molecule has 2 aromatic rings. The van der Waals surface area contributed by atoms with E-state index in [0.717, 1.165) is 57.4 Å². The van der Waals surface area contributed by atoms with Gasteiger partial charge in [0.1, 0.15) is 0 Å². The third-order valence-corrected chi connectivity index (χ3v) is 5.21. The number of hydrogen-bond acceptors (Lipinski definition) is 9. The van der Waals surface area contributed by atoms with Crippen molar-refractivity contribution >= 4 is 29.2 Å². The molecule has 0 unspecified atom stereocenters. The molecule has 2 aliphatic heterocycles. The van der Waals surface area contributed by atoms with Crippen molar-refractivity contribution in [1.29, 1.82) is 0 Å². The van der Waals surface area contributed by atoms with Crippen molar-refractivity contribution < 1.29 is 4.92 Å². The van der Waals surface area contributed by atoms with E-state index >= 15 is 0 Å². The minimum absolute atomic E-state index is 0.0532. The second kappa shape index (κ2) is 8.38. The Morgan fingerprint density at radius 2 is 1.48 bits per heavy atom. The molecule has 0 spiro atoms. The Morgan fingerprint density at radius 3 is 1.97 bits per heavy atom. The molecule has 0 saturated carbocycles. The van der Waals surface area contributed by atoms with Gasteiger partial charge in [-0.15, -0.1) is 0 Å². The molecule has 1 aromatic heterocycles. The van der Waals surface area contributed by atoms with Gasteiger partial charge in [-0.3, -0.25) is 10.1 Å². The topological polar surface area (TPSA) is 113 Å². The van der Waals surface area contributed by atoms with Gasteiger partial charge in [0.2, 0.25) is 17.8 Å². The first-order valence-corrected chi connectivity index (χ1v) is 9.91. The molecule has 10 heteroatoms. The number of non-ortho nitro benzene ring substituents is 1. The van der Waals surface area contributed by atoms with Gasteiger partial charge >= 0.3 is 0 Å². The van der Waals surface area contributed by atoms with E-state index in [1.807, 2.05) is 6.92 Å². The van der Waals surface area contributed by atoms with Crippen LogP contribution in [0.4, 0.5) is 23.5 Å². The van der Waals surface area contributed by atoms with E-state index in [2.05, 4.69) is 35.3 Å². The average molecular weight is 396 g/mol. The number of hydrogen-bond donors (Lipinski definition) is 1. The van der Waals surface area contributed by atoms with Gasteiger partial charge in [-0.05, 0) is 50.3 Å². The van der Waals surface area contributed by atoms with Crippen molar-refractivity contribution in [3.8, 4) is 0 Å². The van der Waals surface area contributed by atoms with E-state index in [1.54, 1.807) is 12.1 Å². The second-order valence-corrected chi connectivity index (χ2v) is 7.26. The molecule has 2 saturated heterocycles. The highest BCUT2D eigenvalue weighted by Gasteiger charge is 2.21. The van der Waals surface area contributed by atoms with Gasteiger partial charge in [-0.2, -0.15) is 20.1 Å². The van der Waals surface area contributed by atoms with Gasteiger partial charge in [0.05, 0.1) is 10.6 Å². The maximum Gasteiger partial charge on any atom is 0.269 e. The number of nitro benzene ring substituents is 1. The monoisotopic (exact) mass is 396 g/mol. The zero-order valence-electron chi connectivity index (χ0n) is 16.4. The van der Waals surface area contributed by atoms with Gasteiger partial charge in [0.15, 0.2) is 0 Å². The minimum Gasteiger partial charge on any atom is -0.341 e. The largest absolute Gasteiger partial charge is 0.341 e. The zero-order valence-corrected chi connectivity index (χ0v) is 16.4. The summed E-state index contributed by atoms with van der Waals surface area (Å²) in [5, 5.41) is 15.2. The molecule has 152 valence electrons. The van der Waals surface area contributed by atoms with Crippen LogP contribution in [0.2, 0.25) is 0 Å². The van der Waals surface area contributed by atoms with Crippen molar-refractivity contribution in [3.05, 3.63) is 39.9 Å². The highest BCUT2D eigenvalue weighted by atomic mass is 16.6. The number of benzene rings is 1. The minimum atomic E-state index is -0.418. The van der Waals surface area contributed by atoms with Crippen molar-refractivity contribution in [2.75, 3.05) is 41.4 Å². The summed E-state index contributed by atoms with van der Waals surface area (Å²) in [6.45, 7) is 5.64. The van der Waals surface area contributed by atoms with Crippen LogP contribution in [0.5, 0.6) is 0 Å². The summed E-state index contributed by atoms with van der Waals surface area (Å²) in [6, 6.07) is 6.29. The van der Waals surface area contributed by atoms with Gasteiger partial charge in [-0.25, -0.2) is 5.43 Å². The molecule has 3 heterocycles. The fourth-order valence-electron chi connectivity index (χ4n) is 3.54. The molecule has 0 radical (unpaired) electrons.